The van der Waals surface area contributed by atoms with Gasteiger partial charge >= 0.3 is 0 Å². The lowest BCUT2D eigenvalue weighted by Gasteiger charge is -2.06. The predicted molar refractivity (Wildman–Crippen MR) is 60.5 cm³/mol. The van der Waals surface area contributed by atoms with Crippen molar-refractivity contribution >= 4 is 0 Å². The molecule has 1 heterocycles. The Morgan fingerprint density at radius 2 is 1.80 bits per heavy atom. The van der Waals surface area contributed by atoms with Crippen LogP contribution in [0, 0.1) is 0 Å². The second kappa shape index (κ2) is 4.71. The molecule has 2 aromatic rings. The summed E-state index contributed by atoms with van der Waals surface area (Å²) >= 11 is 0. The monoisotopic (exact) mass is 199 g/mol. The van der Waals surface area contributed by atoms with Gasteiger partial charge < -0.3 is 5.11 Å². The number of aliphatic hydroxyl groups is 1. The summed E-state index contributed by atoms with van der Waals surface area (Å²) < 4.78 is 0. The SMILES string of the molecule is OCCc1cccnc1-c1ccccc1. The molecule has 1 aromatic carbocycles. The molecule has 1 aromatic heterocycles. The van der Waals surface area contributed by atoms with Crippen LogP contribution in [-0.4, -0.2) is 16.7 Å². The second-order valence-corrected chi connectivity index (χ2v) is 3.35. The first-order chi connectivity index (χ1) is 7.42. The van der Waals surface area contributed by atoms with Crippen molar-refractivity contribution in [1.82, 2.24) is 4.98 Å². The van der Waals surface area contributed by atoms with E-state index >= 15 is 0 Å². The largest absolute Gasteiger partial charge is 0.396 e. The lowest BCUT2D eigenvalue weighted by molar-refractivity contribution is 0.299. The van der Waals surface area contributed by atoms with Crippen LogP contribution in [0.25, 0.3) is 11.3 Å². The van der Waals surface area contributed by atoms with E-state index in [9.17, 15) is 0 Å². The maximum absolute atomic E-state index is 8.96. The van der Waals surface area contributed by atoms with Gasteiger partial charge in [0.15, 0.2) is 0 Å². The molecule has 2 rings (SSSR count). The number of benzene rings is 1. The minimum atomic E-state index is 0.158. The highest BCUT2D eigenvalue weighted by molar-refractivity contribution is 5.62. The van der Waals surface area contributed by atoms with Gasteiger partial charge in [0.2, 0.25) is 0 Å². The summed E-state index contributed by atoms with van der Waals surface area (Å²) in [4.78, 5) is 4.36. The highest BCUT2D eigenvalue weighted by Gasteiger charge is 2.04. The first kappa shape index (κ1) is 9.87. The second-order valence-electron chi connectivity index (χ2n) is 3.35. The van der Waals surface area contributed by atoms with Gasteiger partial charge in [-0.3, -0.25) is 4.98 Å². The Morgan fingerprint density at radius 1 is 1.00 bits per heavy atom. The van der Waals surface area contributed by atoms with Gasteiger partial charge in [-0.05, 0) is 18.1 Å². The molecular weight excluding hydrogens is 186 g/mol. The molecule has 0 fully saturated rings. The third kappa shape index (κ3) is 2.22. The maximum atomic E-state index is 8.96. The number of nitrogens with zero attached hydrogens (tertiary/aromatic N) is 1. The van der Waals surface area contributed by atoms with Gasteiger partial charge in [-0.15, -0.1) is 0 Å². The van der Waals surface area contributed by atoms with Gasteiger partial charge in [0.05, 0.1) is 5.69 Å². The number of pyridine rings is 1. The molecule has 2 heteroatoms. The zero-order valence-electron chi connectivity index (χ0n) is 8.43. The molecule has 0 unspecified atom stereocenters. The summed E-state index contributed by atoms with van der Waals surface area (Å²) in [5.41, 5.74) is 3.15. The van der Waals surface area contributed by atoms with Crippen LogP contribution in [0.15, 0.2) is 48.7 Å². The number of hydrogen-bond acceptors (Lipinski definition) is 2. The fourth-order valence-corrected chi connectivity index (χ4v) is 1.62. The van der Waals surface area contributed by atoms with E-state index in [1.54, 1.807) is 6.20 Å². The lowest BCUT2D eigenvalue weighted by Crippen LogP contribution is -1.96. The predicted octanol–water partition coefficient (Wildman–Crippen LogP) is 2.28. The number of aliphatic hydroxyl groups excluding tert-OH is 1. The van der Waals surface area contributed by atoms with Crippen molar-refractivity contribution in [2.75, 3.05) is 6.61 Å². The first-order valence-corrected chi connectivity index (χ1v) is 5.02. The van der Waals surface area contributed by atoms with Crippen LogP contribution >= 0.6 is 0 Å². The molecule has 76 valence electrons. The molecule has 0 aliphatic heterocycles. The average Bonchev–Trinajstić information content (AvgIpc) is 2.31. The first-order valence-electron chi connectivity index (χ1n) is 5.02. The van der Waals surface area contributed by atoms with Crippen molar-refractivity contribution in [2.24, 2.45) is 0 Å². The molecule has 0 aliphatic rings. The van der Waals surface area contributed by atoms with Gasteiger partial charge in [0, 0.05) is 18.4 Å². The van der Waals surface area contributed by atoms with Crippen molar-refractivity contribution in [1.29, 1.82) is 0 Å². The van der Waals surface area contributed by atoms with Crippen LogP contribution in [0.5, 0.6) is 0 Å². The van der Waals surface area contributed by atoms with Crippen LogP contribution in [0.1, 0.15) is 5.56 Å². The fourth-order valence-electron chi connectivity index (χ4n) is 1.62. The Kier molecular flexibility index (Phi) is 3.10. The molecule has 15 heavy (non-hydrogen) atoms. The molecule has 0 atom stereocenters. The Balaban J connectivity index is 2.43. The van der Waals surface area contributed by atoms with Crippen LogP contribution in [0.3, 0.4) is 0 Å². The fraction of sp³-hybridized carbons (Fsp3) is 0.154. The molecule has 0 aliphatic carbocycles. The summed E-state index contributed by atoms with van der Waals surface area (Å²) in [5, 5.41) is 8.96. The minimum absolute atomic E-state index is 0.158. The van der Waals surface area contributed by atoms with Crippen LogP contribution in [0.2, 0.25) is 0 Å². The summed E-state index contributed by atoms with van der Waals surface area (Å²) in [6, 6.07) is 13.9. The van der Waals surface area contributed by atoms with Gasteiger partial charge in [0.25, 0.3) is 0 Å². The van der Waals surface area contributed by atoms with Gasteiger partial charge in [-0.1, -0.05) is 36.4 Å². The zero-order valence-corrected chi connectivity index (χ0v) is 8.43. The summed E-state index contributed by atoms with van der Waals surface area (Å²) in [6.45, 7) is 0.158. The summed E-state index contributed by atoms with van der Waals surface area (Å²) in [5.74, 6) is 0. The molecule has 0 spiro atoms. The van der Waals surface area contributed by atoms with E-state index in [0.717, 1.165) is 16.8 Å². The van der Waals surface area contributed by atoms with E-state index in [-0.39, 0.29) is 6.61 Å². The molecule has 0 saturated heterocycles. The maximum Gasteiger partial charge on any atom is 0.0734 e. The number of rotatable bonds is 3. The quantitative estimate of drug-likeness (QED) is 0.822. The summed E-state index contributed by atoms with van der Waals surface area (Å²) in [6.07, 6.45) is 2.43. The Morgan fingerprint density at radius 3 is 2.53 bits per heavy atom. The van der Waals surface area contributed by atoms with Crippen molar-refractivity contribution in [3.05, 3.63) is 54.2 Å². The van der Waals surface area contributed by atoms with Gasteiger partial charge in [-0.2, -0.15) is 0 Å². The van der Waals surface area contributed by atoms with Crippen LogP contribution in [-0.2, 0) is 6.42 Å². The van der Waals surface area contributed by atoms with E-state index in [1.807, 2.05) is 42.5 Å². The average molecular weight is 199 g/mol. The topological polar surface area (TPSA) is 33.1 Å². The van der Waals surface area contributed by atoms with Gasteiger partial charge in [0.1, 0.15) is 0 Å². The Bertz CT molecular complexity index is 426. The van der Waals surface area contributed by atoms with Gasteiger partial charge in [-0.25, -0.2) is 0 Å². The number of aromatic nitrogens is 1. The molecule has 0 amide bonds. The Labute approximate surface area is 89.2 Å². The van der Waals surface area contributed by atoms with Crippen molar-refractivity contribution in [2.45, 2.75) is 6.42 Å². The highest BCUT2D eigenvalue weighted by Crippen LogP contribution is 2.20. The third-order valence-corrected chi connectivity index (χ3v) is 2.32. The zero-order chi connectivity index (χ0) is 10.5. The molecule has 0 saturated carbocycles. The molecule has 2 nitrogen and oxygen atoms in total. The van der Waals surface area contributed by atoms with E-state index < -0.39 is 0 Å². The molecule has 0 radical (unpaired) electrons. The normalized spacial score (nSPS) is 10.2. The van der Waals surface area contributed by atoms with E-state index in [0.29, 0.717) is 6.42 Å². The molecule has 0 bridgehead atoms. The van der Waals surface area contributed by atoms with Crippen LogP contribution in [0.4, 0.5) is 0 Å². The van der Waals surface area contributed by atoms with Crippen molar-refractivity contribution in [3.8, 4) is 11.3 Å². The summed E-state index contributed by atoms with van der Waals surface area (Å²) in [7, 11) is 0. The molecule has 1 N–H and O–H groups in total. The van der Waals surface area contributed by atoms with Crippen molar-refractivity contribution < 1.29 is 5.11 Å². The van der Waals surface area contributed by atoms with E-state index in [1.165, 1.54) is 0 Å². The van der Waals surface area contributed by atoms with Crippen LogP contribution < -0.4 is 0 Å². The minimum Gasteiger partial charge on any atom is -0.396 e. The number of hydrogen-bond donors (Lipinski definition) is 1. The third-order valence-electron chi connectivity index (χ3n) is 2.32. The van der Waals surface area contributed by atoms with Crippen molar-refractivity contribution in [3.63, 3.8) is 0 Å². The molecular formula is C13H13NO. The smallest absolute Gasteiger partial charge is 0.0734 e. The van der Waals surface area contributed by atoms with E-state index in [2.05, 4.69) is 4.98 Å². The standard InChI is InChI=1S/C13H13NO/c15-10-8-12-7-4-9-14-13(12)11-5-2-1-3-6-11/h1-7,9,15H,8,10H2. The van der Waals surface area contributed by atoms with E-state index in [4.69, 9.17) is 5.11 Å². The lowest BCUT2D eigenvalue weighted by atomic mass is 10.0. The highest BCUT2D eigenvalue weighted by atomic mass is 16.2. The Hall–Kier alpha value is -1.67.